The highest BCUT2D eigenvalue weighted by Crippen LogP contribution is 2.42. The van der Waals surface area contributed by atoms with Crippen LogP contribution in [0.25, 0.3) is 10.9 Å². The van der Waals surface area contributed by atoms with Crippen molar-refractivity contribution in [3.63, 3.8) is 0 Å². The van der Waals surface area contributed by atoms with Gasteiger partial charge in [-0.2, -0.15) is 0 Å². The molecule has 3 rings (SSSR count). The van der Waals surface area contributed by atoms with Crippen molar-refractivity contribution in [2.75, 3.05) is 13.2 Å². The average Bonchev–Trinajstić information content (AvgIpc) is 3.07. The van der Waals surface area contributed by atoms with Crippen LogP contribution in [-0.4, -0.2) is 29.2 Å². The Labute approximate surface area is 165 Å². The molecule has 2 heterocycles. The number of hydrazine groups is 1. The molecule has 27 heavy (non-hydrogen) atoms. The number of hydrogen-bond acceptors (Lipinski definition) is 3. The number of carbonyl (C=O) groups is 1. The third kappa shape index (κ3) is 3.80. The summed E-state index contributed by atoms with van der Waals surface area (Å²) in [6.07, 6.45) is 2.75. The predicted molar refractivity (Wildman–Crippen MR) is 111 cm³/mol. The number of amides is 1. The fourth-order valence-electron chi connectivity index (χ4n) is 3.88. The lowest BCUT2D eigenvalue weighted by Gasteiger charge is -2.36. The van der Waals surface area contributed by atoms with Gasteiger partial charge in [-0.05, 0) is 49.5 Å². The molecule has 1 amide bonds. The summed E-state index contributed by atoms with van der Waals surface area (Å²) in [6.45, 7) is 7.47. The van der Waals surface area contributed by atoms with Crippen LogP contribution < -0.4 is 16.2 Å². The molecule has 0 radical (unpaired) electrons. The van der Waals surface area contributed by atoms with Gasteiger partial charge in [-0.3, -0.25) is 15.6 Å². The smallest absolute Gasteiger partial charge is 0.241 e. The van der Waals surface area contributed by atoms with Crippen LogP contribution in [0.2, 0.25) is 0 Å². The van der Waals surface area contributed by atoms with E-state index in [4.69, 9.17) is 17.0 Å². The van der Waals surface area contributed by atoms with Gasteiger partial charge in [0.25, 0.3) is 0 Å². The van der Waals surface area contributed by atoms with Crippen LogP contribution in [0.15, 0.2) is 18.2 Å². The maximum atomic E-state index is 12.6. The number of ether oxygens (including phenoxy) is 1. The number of aromatic nitrogens is 1. The molecule has 4 N–H and O–H groups in total. The lowest BCUT2D eigenvalue weighted by molar-refractivity contribution is -0.133. The second kappa shape index (κ2) is 8.27. The van der Waals surface area contributed by atoms with Crippen molar-refractivity contribution in [3.05, 3.63) is 35.0 Å². The van der Waals surface area contributed by atoms with Crippen LogP contribution in [0.1, 0.15) is 50.4 Å². The minimum absolute atomic E-state index is 0.153. The van der Waals surface area contributed by atoms with E-state index in [1.54, 1.807) is 0 Å². The monoisotopic (exact) mass is 388 g/mol. The first-order chi connectivity index (χ1) is 13.0. The van der Waals surface area contributed by atoms with E-state index < -0.39 is 5.60 Å². The third-order valence-corrected chi connectivity index (χ3v) is 5.51. The van der Waals surface area contributed by atoms with E-state index >= 15 is 0 Å². The van der Waals surface area contributed by atoms with Gasteiger partial charge in [0.15, 0.2) is 5.11 Å². The number of para-hydroxylation sites is 1. The Morgan fingerprint density at radius 1 is 1.30 bits per heavy atom. The van der Waals surface area contributed by atoms with Crippen LogP contribution in [0.3, 0.4) is 0 Å². The van der Waals surface area contributed by atoms with Crippen molar-refractivity contribution in [2.24, 2.45) is 0 Å². The fourth-order valence-corrected chi connectivity index (χ4v) is 4.07. The quantitative estimate of drug-likeness (QED) is 0.468. The topological polar surface area (TPSA) is 78.2 Å². The van der Waals surface area contributed by atoms with Crippen molar-refractivity contribution >= 4 is 34.1 Å². The van der Waals surface area contributed by atoms with Crippen molar-refractivity contribution < 1.29 is 9.53 Å². The third-order valence-electron chi connectivity index (χ3n) is 5.26. The van der Waals surface area contributed by atoms with Gasteiger partial charge in [0.05, 0.1) is 18.7 Å². The van der Waals surface area contributed by atoms with Crippen molar-refractivity contribution in [2.45, 2.75) is 52.1 Å². The Morgan fingerprint density at radius 2 is 2.11 bits per heavy atom. The number of thiocarbonyl (C=S) groups is 1. The van der Waals surface area contributed by atoms with Gasteiger partial charge < -0.3 is 15.0 Å². The summed E-state index contributed by atoms with van der Waals surface area (Å²) in [5.41, 5.74) is 9.53. The summed E-state index contributed by atoms with van der Waals surface area (Å²) in [5, 5.41) is 4.59. The molecule has 0 bridgehead atoms. The van der Waals surface area contributed by atoms with Gasteiger partial charge in [-0.1, -0.05) is 32.0 Å². The first-order valence-corrected chi connectivity index (χ1v) is 10.0. The highest BCUT2D eigenvalue weighted by atomic mass is 32.1. The van der Waals surface area contributed by atoms with E-state index in [9.17, 15) is 4.79 Å². The van der Waals surface area contributed by atoms with Crippen LogP contribution in [0.4, 0.5) is 0 Å². The zero-order valence-electron chi connectivity index (χ0n) is 16.2. The SMILES string of the molecule is CCNC(=S)NNC(=O)CC1(CC)OCCc2c1[nH]c1c(CC)cccc21. The van der Waals surface area contributed by atoms with Gasteiger partial charge in [-0.25, -0.2) is 0 Å². The van der Waals surface area contributed by atoms with E-state index in [0.29, 0.717) is 24.7 Å². The first kappa shape index (κ1) is 19.6. The maximum absolute atomic E-state index is 12.6. The molecule has 1 aromatic heterocycles. The fraction of sp³-hybridized carbons (Fsp3) is 0.500. The second-order valence-corrected chi connectivity index (χ2v) is 7.24. The molecule has 0 saturated carbocycles. The number of fused-ring (bicyclic) bond motifs is 3. The minimum Gasteiger partial charge on any atom is -0.368 e. The molecule has 1 aliphatic heterocycles. The van der Waals surface area contributed by atoms with E-state index in [-0.39, 0.29) is 12.3 Å². The predicted octanol–water partition coefficient (Wildman–Crippen LogP) is 2.81. The molecular formula is C20H28N4O2S. The van der Waals surface area contributed by atoms with Crippen LogP contribution in [-0.2, 0) is 28.0 Å². The molecule has 1 aromatic carbocycles. The zero-order valence-corrected chi connectivity index (χ0v) is 17.0. The Morgan fingerprint density at radius 3 is 2.81 bits per heavy atom. The van der Waals surface area contributed by atoms with E-state index in [0.717, 1.165) is 18.5 Å². The van der Waals surface area contributed by atoms with Gasteiger partial charge in [0.1, 0.15) is 5.60 Å². The number of aromatic amines is 1. The molecule has 0 fully saturated rings. The Kier molecular flexibility index (Phi) is 6.01. The zero-order chi connectivity index (χ0) is 19.4. The van der Waals surface area contributed by atoms with Gasteiger partial charge in [-0.15, -0.1) is 0 Å². The van der Waals surface area contributed by atoms with E-state index in [2.05, 4.69) is 53.2 Å². The van der Waals surface area contributed by atoms with Crippen molar-refractivity contribution in [3.8, 4) is 0 Å². The molecule has 7 heteroatoms. The largest absolute Gasteiger partial charge is 0.368 e. The number of rotatable bonds is 5. The highest BCUT2D eigenvalue weighted by Gasteiger charge is 2.40. The molecule has 1 atom stereocenters. The molecule has 146 valence electrons. The molecule has 6 nitrogen and oxygen atoms in total. The Bertz CT molecular complexity index is 848. The highest BCUT2D eigenvalue weighted by molar-refractivity contribution is 7.80. The molecule has 0 aliphatic carbocycles. The van der Waals surface area contributed by atoms with Crippen molar-refractivity contribution in [1.82, 2.24) is 21.2 Å². The van der Waals surface area contributed by atoms with Crippen LogP contribution in [0, 0.1) is 0 Å². The Hall–Kier alpha value is -2.12. The number of carbonyl (C=O) groups excluding carboxylic acids is 1. The van der Waals surface area contributed by atoms with Gasteiger partial charge in [0.2, 0.25) is 5.91 Å². The summed E-state index contributed by atoms with van der Waals surface area (Å²) < 4.78 is 6.20. The molecule has 0 spiro atoms. The summed E-state index contributed by atoms with van der Waals surface area (Å²) >= 11 is 5.09. The first-order valence-electron chi connectivity index (χ1n) is 9.64. The number of benzene rings is 1. The van der Waals surface area contributed by atoms with Gasteiger partial charge >= 0.3 is 0 Å². The number of nitrogens with one attached hydrogen (secondary N) is 4. The number of H-pyrrole nitrogens is 1. The number of hydrogen-bond donors (Lipinski definition) is 4. The van der Waals surface area contributed by atoms with E-state index in [1.165, 1.54) is 22.0 Å². The number of aryl methyl sites for hydroxylation is 1. The summed E-state index contributed by atoms with van der Waals surface area (Å²) in [5.74, 6) is -0.153. The van der Waals surface area contributed by atoms with E-state index in [1.807, 2.05) is 6.92 Å². The summed E-state index contributed by atoms with van der Waals surface area (Å²) in [7, 11) is 0. The molecule has 1 aliphatic rings. The summed E-state index contributed by atoms with van der Waals surface area (Å²) in [4.78, 5) is 16.2. The van der Waals surface area contributed by atoms with Crippen molar-refractivity contribution in [1.29, 1.82) is 0 Å². The summed E-state index contributed by atoms with van der Waals surface area (Å²) in [6, 6.07) is 6.42. The molecule has 1 unspecified atom stereocenters. The Balaban J connectivity index is 1.89. The second-order valence-electron chi connectivity index (χ2n) is 6.83. The normalized spacial score (nSPS) is 18.8. The van der Waals surface area contributed by atoms with Gasteiger partial charge in [0, 0.05) is 17.4 Å². The lowest BCUT2D eigenvalue weighted by Crippen LogP contribution is -2.49. The molecular weight excluding hydrogens is 360 g/mol. The lowest BCUT2D eigenvalue weighted by atomic mass is 9.86. The molecule has 2 aromatic rings. The average molecular weight is 389 g/mol. The standard InChI is InChI=1S/C20H28N4O2S/c1-4-13-8-7-9-14-15-10-11-26-20(5-2,18(15)22-17(13)14)12-16(25)23-24-19(27)21-6-3/h7-9,22H,4-6,10-12H2,1-3H3,(H,23,25)(H2,21,24,27). The molecule has 0 saturated heterocycles. The maximum Gasteiger partial charge on any atom is 0.241 e. The van der Waals surface area contributed by atoms with Crippen LogP contribution in [0.5, 0.6) is 0 Å². The van der Waals surface area contributed by atoms with Crippen LogP contribution >= 0.6 is 12.2 Å². The minimum atomic E-state index is -0.650.